The number of carbonyl (C=O) groups excluding carboxylic acids is 1. The van der Waals surface area contributed by atoms with E-state index in [1.54, 1.807) is 0 Å². The van der Waals surface area contributed by atoms with E-state index in [1.165, 1.54) is 0 Å². The largest absolute Gasteiger partial charge is 0.456 e. The first-order valence-corrected chi connectivity index (χ1v) is 20.9. The molecular formula is C49H57N4O5+. The molecule has 0 N–H and O–H groups in total. The molecule has 0 atom stereocenters. The van der Waals surface area contributed by atoms with Gasteiger partial charge in [-0.05, 0) is 76.1 Å². The van der Waals surface area contributed by atoms with E-state index < -0.39 is 5.54 Å². The van der Waals surface area contributed by atoms with Crippen LogP contribution in [0.4, 0.5) is 17.1 Å². The van der Waals surface area contributed by atoms with Crippen LogP contribution in [0.5, 0.6) is 11.5 Å². The van der Waals surface area contributed by atoms with Gasteiger partial charge in [0.05, 0.1) is 26.4 Å². The lowest BCUT2D eigenvalue weighted by Gasteiger charge is -2.44. The number of ether oxygens (including phenoxy) is 4. The van der Waals surface area contributed by atoms with E-state index in [0.717, 1.165) is 89.1 Å². The van der Waals surface area contributed by atoms with Gasteiger partial charge in [-0.25, -0.2) is 4.57 Å². The van der Waals surface area contributed by atoms with E-state index in [1.807, 2.05) is 30.0 Å². The number of pyridine rings is 1. The lowest BCUT2D eigenvalue weighted by Crippen LogP contribution is -2.47. The van der Waals surface area contributed by atoms with Crippen molar-refractivity contribution in [2.75, 3.05) is 80.5 Å². The molecule has 9 heteroatoms. The molecule has 0 bridgehead atoms. The number of fused-ring (bicyclic) bond motifs is 6. The molecule has 0 radical (unpaired) electrons. The zero-order chi connectivity index (χ0) is 40.5. The molecule has 58 heavy (non-hydrogen) atoms. The van der Waals surface area contributed by atoms with Crippen molar-refractivity contribution in [1.29, 1.82) is 0 Å². The monoisotopic (exact) mass is 781 g/mol. The van der Waals surface area contributed by atoms with E-state index in [4.69, 9.17) is 18.9 Å². The number of nitrogens with zero attached hydrogens (tertiary/aromatic N) is 4. The number of anilines is 3. The van der Waals surface area contributed by atoms with Crippen molar-refractivity contribution in [3.05, 3.63) is 143 Å². The van der Waals surface area contributed by atoms with Gasteiger partial charge in [-0.2, -0.15) is 0 Å². The molecule has 4 aromatic carbocycles. The Morgan fingerprint density at radius 3 is 1.72 bits per heavy atom. The molecule has 2 aliphatic heterocycles. The first-order valence-electron chi connectivity index (χ1n) is 20.9. The van der Waals surface area contributed by atoms with E-state index >= 15 is 0 Å². The smallest absolute Gasteiger partial charge is 0.260 e. The van der Waals surface area contributed by atoms with Gasteiger partial charge in [-0.3, -0.25) is 9.69 Å². The van der Waals surface area contributed by atoms with Gasteiger partial charge in [-0.1, -0.05) is 54.6 Å². The molecule has 0 saturated carbocycles. The molecule has 0 fully saturated rings. The third kappa shape index (κ3) is 8.12. The van der Waals surface area contributed by atoms with Crippen LogP contribution in [0.15, 0.2) is 109 Å². The molecule has 302 valence electrons. The van der Waals surface area contributed by atoms with E-state index in [2.05, 4.69) is 145 Å². The molecule has 9 nitrogen and oxygen atoms in total. The van der Waals surface area contributed by atoms with Gasteiger partial charge in [0.2, 0.25) is 0 Å². The van der Waals surface area contributed by atoms with Crippen LogP contribution < -0.4 is 24.0 Å². The maximum absolute atomic E-state index is 14.8. The Hall–Kier alpha value is -5.48. The standard InChI is InChI=1S/C49H57N4O5/c1-6-51(7-2)40-21-23-44-46(35-40)58-47-36-41(52(8-3)9-4)22-24-45(47)49(44)43-14-12-11-13-42(43)48(54)53(49)39-19-17-37(18-20-39)15-16-38-25-27-50(28-26-38)29-30-56-33-34-57-32-31-55-10-5/h11-28,35-36H,6-10,29-34H2,1-5H3/q+1. The highest BCUT2D eigenvalue weighted by atomic mass is 16.5. The second-order valence-corrected chi connectivity index (χ2v) is 14.4. The van der Waals surface area contributed by atoms with Crippen LogP contribution in [0, 0.1) is 0 Å². The minimum Gasteiger partial charge on any atom is -0.456 e. The second kappa shape index (κ2) is 18.9. The van der Waals surface area contributed by atoms with Crippen LogP contribution in [-0.4, -0.2) is 71.7 Å². The van der Waals surface area contributed by atoms with Gasteiger partial charge in [0.1, 0.15) is 23.6 Å². The highest BCUT2D eigenvalue weighted by Gasteiger charge is 2.57. The second-order valence-electron chi connectivity index (χ2n) is 14.4. The summed E-state index contributed by atoms with van der Waals surface area (Å²) in [6, 6.07) is 33.6. The normalized spacial score (nSPS) is 13.7. The first-order chi connectivity index (χ1) is 28.5. The van der Waals surface area contributed by atoms with Crippen LogP contribution in [-0.2, 0) is 26.3 Å². The quantitative estimate of drug-likeness (QED) is 0.0613. The molecule has 0 unspecified atom stereocenters. The predicted molar refractivity (Wildman–Crippen MR) is 233 cm³/mol. The maximum atomic E-state index is 14.8. The van der Waals surface area contributed by atoms with Gasteiger partial charge in [0.15, 0.2) is 18.9 Å². The minimum atomic E-state index is -0.945. The number of benzene rings is 4. The molecule has 7 rings (SSSR count). The van der Waals surface area contributed by atoms with Crippen molar-refractivity contribution in [2.45, 2.75) is 46.7 Å². The highest BCUT2D eigenvalue weighted by molar-refractivity contribution is 6.14. The van der Waals surface area contributed by atoms with Crippen LogP contribution in [0.1, 0.15) is 72.8 Å². The Balaban J connectivity index is 1.17. The molecule has 0 saturated heterocycles. The summed E-state index contributed by atoms with van der Waals surface area (Å²) in [5, 5.41) is 0. The first kappa shape index (κ1) is 40.7. The third-order valence-corrected chi connectivity index (χ3v) is 11.3. The topological polar surface area (TPSA) is 67.6 Å². The molecule has 0 aliphatic carbocycles. The minimum absolute atomic E-state index is 0.0350. The maximum Gasteiger partial charge on any atom is 0.260 e. The van der Waals surface area contributed by atoms with Gasteiger partial charge in [0.25, 0.3) is 5.91 Å². The van der Waals surface area contributed by atoms with Crippen LogP contribution >= 0.6 is 0 Å². The molecule has 3 heterocycles. The zero-order valence-corrected chi connectivity index (χ0v) is 34.7. The number of hydrogen-bond donors (Lipinski definition) is 0. The molecule has 2 aliphatic rings. The lowest BCUT2D eigenvalue weighted by atomic mass is 9.74. The van der Waals surface area contributed by atoms with Gasteiger partial charge in [0, 0.05) is 96.4 Å². The van der Waals surface area contributed by atoms with Crippen LogP contribution in [0.3, 0.4) is 0 Å². The Bertz CT molecular complexity index is 2120. The average molecular weight is 782 g/mol. The summed E-state index contributed by atoms with van der Waals surface area (Å²) in [6.07, 6.45) is 8.36. The SMILES string of the molecule is CCOCCOCCOCC[n+]1ccc(/C=C/c2ccc(N3C(=O)c4ccccc4C34c3ccc(N(CC)CC)cc3Oc3cc(N(CC)CC)ccc34)cc2)cc1. The fourth-order valence-electron chi connectivity index (χ4n) is 8.25. The summed E-state index contributed by atoms with van der Waals surface area (Å²) in [5.41, 5.74) is 7.74. The van der Waals surface area contributed by atoms with E-state index in [-0.39, 0.29) is 5.91 Å². The van der Waals surface area contributed by atoms with Crippen molar-refractivity contribution >= 4 is 35.1 Å². The lowest BCUT2D eigenvalue weighted by molar-refractivity contribution is -0.698. The van der Waals surface area contributed by atoms with Gasteiger partial charge >= 0.3 is 0 Å². The van der Waals surface area contributed by atoms with Gasteiger partial charge in [-0.15, -0.1) is 0 Å². The fourth-order valence-corrected chi connectivity index (χ4v) is 8.25. The fraction of sp³-hybridized carbons (Fsp3) is 0.347. The number of amides is 1. The van der Waals surface area contributed by atoms with Gasteiger partial charge < -0.3 is 28.7 Å². The molecule has 5 aromatic rings. The Morgan fingerprint density at radius 2 is 1.16 bits per heavy atom. The Morgan fingerprint density at radius 1 is 0.621 bits per heavy atom. The number of carbonyl (C=O) groups is 1. The summed E-state index contributed by atoms with van der Waals surface area (Å²) in [7, 11) is 0. The van der Waals surface area contributed by atoms with Crippen LogP contribution in [0.2, 0.25) is 0 Å². The summed E-state index contributed by atoms with van der Waals surface area (Å²) in [6.45, 7) is 18.6. The number of hydrogen-bond acceptors (Lipinski definition) is 7. The summed E-state index contributed by atoms with van der Waals surface area (Å²) < 4.78 is 25.5. The van der Waals surface area contributed by atoms with Crippen molar-refractivity contribution in [1.82, 2.24) is 0 Å². The molecule has 1 aromatic heterocycles. The average Bonchev–Trinajstić information content (AvgIpc) is 3.51. The van der Waals surface area contributed by atoms with E-state index in [0.29, 0.717) is 45.2 Å². The predicted octanol–water partition coefficient (Wildman–Crippen LogP) is 8.96. The summed E-state index contributed by atoms with van der Waals surface area (Å²) in [5.74, 6) is 1.49. The van der Waals surface area contributed by atoms with Crippen LogP contribution in [0.25, 0.3) is 12.2 Å². The Labute approximate surface area is 344 Å². The molecule has 1 spiro atoms. The van der Waals surface area contributed by atoms with Crippen molar-refractivity contribution in [3.8, 4) is 11.5 Å². The molecule has 1 amide bonds. The summed E-state index contributed by atoms with van der Waals surface area (Å²) >= 11 is 0. The number of aromatic nitrogens is 1. The third-order valence-electron chi connectivity index (χ3n) is 11.3. The van der Waals surface area contributed by atoms with E-state index in [9.17, 15) is 4.79 Å². The molecular weight excluding hydrogens is 725 g/mol. The van der Waals surface area contributed by atoms with Crippen molar-refractivity contribution in [2.24, 2.45) is 0 Å². The summed E-state index contributed by atoms with van der Waals surface area (Å²) in [4.78, 5) is 21.5. The Kier molecular flexibility index (Phi) is 13.2. The van der Waals surface area contributed by atoms with Crippen molar-refractivity contribution < 1.29 is 28.3 Å². The number of rotatable bonds is 19. The highest BCUT2D eigenvalue weighted by Crippen LogP contribution is 2.59. The van der Waals surface area contributed by atoms with Crippen molar-refractivity contribution in [3.63, 3.8) is 0 Å². The zero-order valence-electron chi connectivity index (χ0n) is 34.7.